The maximum Gasteiger partial charge on any atom is 0.287 e. The van der Waals surface area contributed by atoms with E-state index in [1.165, 1.54) is 4.68 Å². The minimum atomic E-state index is -0.242. The molecule has 0 aliphatic carbocycles. The maximum atomic E-state index is 12.2. The second-order valence-corrected chi connectivity index (χ2v) is 6.05. The van der Waals surface area contributed by atoms with Gasteiger partial charge in [0.1, 0.15) is 12.3 Å². The lowest BCUT2D eigenvalue weighted by atomic mass is 10.1. The van der Waals surface area contributed by atoms with Crippen LogP contribution in [-0.2, 0) is 11.3 Å². The second kappa shape index (κ2) is 7.97. The first-order valence-corrected chi connectivity index (χ1v) is 8.63. The molecule has 0 saturated carbocycles. The van der Waals surface area contributed by atoms with Crippen molar-refractivity contribution in [1.82, 2.24) is 9.78 Å². The molecule has 0 aliphatic rings. The molecule has 2 aromatic carbocycles. The summed E-state index contributed by atoms with van der Waals surface area (Å²) in [6.45, 7) is 4.49. The Hall–Kier alpha value is -2.93. The number of benzene rings is 2. The number of hydrogen-bond donors (Lipinski definition) is 1. The van der Waals surface area contributed by atoms with Gasteiger partial charge in [0.25, 0.3) is 4.84 Å². The first-order chi connectivity index (χ1) is 12.5. The number of nitrogens with one attached hydrogen (secondary N) is 1. The van der Waals surface area contributed by atoms with Gasteiger partial charge in [0.05, 0.1) is 6.61 Å². The van der Waals surface area contributed by atoms with Gasteiger partial charge in [-0.25, -0.2) is 4.68 Å². The van der Waals surface area contributed by atoms with Crippen LogP contribution in [0.2, 0.25) is 0 Å². The fourth-order valence-electron chi connectivity index (χ4n) is 2.36. The molecule has 1 heterocycles. The molecule has 6 nitrogen and oxygen atoms in total. The number of amides is 1. The number of nitrogens with zero attached hydrogens (tertiary/aromatic N) is 2. The highest BCUT2D eigenvalue weighted by Gasteiger charge is 2.11. The number of carbonyl (C=O) groups is 1. The standard InChI is InChI=1S/C19H19N3O3S/c1-3-24-16-10-8-15(9-11-16)20-17(23)12-22-19(26)25-18(21-22)14-6-4-13(2)5-7-14/h4-11H,3,12H2,1-2H3,(H,20,23). The van der Waals surface area contributed by atoms with E-state index in [2.05, 4.69) is 10.4 Å². The first-order valence-electron chi connectivity index (χ1n) is 8.23. The van der Waals surface area contributed by atoms with Crippen molar-refractivity contribution in [2.24, 2.45) is 0 Å². The number of rotatable bonds is 6. The number of carbonyl (C=O) groups excluding carboxylic acids is 1. The largest absolute Gasteiger partial charge is 0.494 e. The fourth-order valence-corrected chi connectivity index (χ4v) is 2.54. The zero-order valence-corrected chi connectivity index (χ0v) is 15.4. The van der Waals surface area contributed by atoms with Gasteiger partial charge in [-0.05, 0) is 62.5 Å². The zero-order chi connectivity index (χ0) is 18.5. The molecule has 3 rings (SSSR count). The van der Waals surface area contributed by atoms with Crippen LogP contribution in [-0.4, -0.2) is 22.3 Å². The zero-order valence-electron chi connectivity index (χ0n) is 14.6. The SMILES string of the molecule is CCOc1ccc(NC(=O)Cn2nc(-c3ccc(C)cc3)oc2=S)cc1. The lowest BCUT2D eigenvalue weighted by molar-refractivity contribution is -0.117. The Bertz CT molecular complexity index is 943. The topological polar surface area (TPSA) is 69.3 Å². The normalized spacial score (nSPS) is 10.5. The van der Waals surface area contributed by atoms with Crippen LogP contribution < -0.4 is 10.1 Å². The van der Waals surface area contributed by atoms with Crippen LogP contribution >= 0.6 is 12.2 Å². The monoisotopic (exact) mass is 369 g/mol. The van der Waals surface area contributed by atoms with Crippen molar-refractivity contribution in [2.45, 2.75) is 20.4 Å². The molecule has 134 valence electrons. The van der Waals surface area contributed by atoms with Crippen LogP contribution in [0.3, 0.4) is 0 Å². The minimum absolute atomic E-state index is 0.0264. The number of ether oxygens (including phenoxy) is 1. The minimum Gasteiger partial charge on any atom is -0.494 e. The Kier molecular flexibility index (Phi) is 5.48. The van der Waals surface area contributed by atoms with Crippen LogP contribution in [0.5, 0.6) is 5.75 Å². The van der Waals surface area contributed by atoms with Crippen LogP contribution in [0, 0.1) is 11.8 Å². The Morgan fingerprint density at radius 3 is 2.54 bits per heavy atom. The van der Waals surface area contributed by atoms with E-state index in [-0.39, 0.29) is 17.3 Å². The van der Waals surface area contributed by atoms with E-state index in [4.69, 9.17) is 21.4 Å². The molecule has 0 radical (unpaired) electrons. The molecule has 0 bridgehead atoms. The summed E-state index contributed by atoms with van der Waals surface area (Å²) in [6, 6.07) is 14.9. The molecule has 26 heavy (non-hydrogen) atoms. The summed E-state index contributed by atoms with van der Waals surface area (Å²) in [5.74, 6) is 0.907. The summed E-state index contributed by atoms with van der Waals surface area (Å²) in [4.78, 5) is 12.4. The average Bonchev–Trinajstić information content (AvgIpc) is 2.98. The molecule has 3 aromatic rings. The molecule has 0 atom stereocenters. The smallest absolute Gasteiger partial charge is 0.287 e. The predicted molar refractivity (Wildman–Crippen MR) is 102 cm³/mol. The van der Waals surface area contributed by atoms with Crippen LogP contribution in [0.4, 0.5) is 5.69 Å². The predicted octanol–water partition coefficient (Wildman–Crippen LogP) is 4.22. The summed E-state index contributed by atoms with van der Waals surface area (Å²) < 4.78 is 12.3. The van der Waals surface area contributed by atoms with Gasteiger partial charge in [-0.1, -0.05) is 17.7 Å². The van der Waals surface area contributed by atoms with Crippen molar-refractivity contribution >= 4 is 23.8 Å². The molecule has 7 heteroatoms. The second-order valence-electron chi connectivity index (χ2n) is 5.70. The average molecular weight is 369 g/mol. The quantitative estimate of drug-likeness (QED) is 0.659. The third-order valence-electron chi connectivity index (χ3n) is 3.65. The number of aromatic nitrogens is 2. The molecule has 1 N–H and O–H groups in total. The van der Waals surface area contributed by atoms with Gasteiger partial charge in [-0.3, -0.25) is 4.79 Å². The van der Waals surface area contributed by atoms with Gasteiger partial charge >= 0.3 is 0 Å². The van der Waals surface area contributed by atoms with Crippen molar-refractivity contribution in [3.05, 3.63) is 58.9 Å². The van der Waals surface area contributed by atoms with Crippen molar-refractivity contribution < 1.29 is 13.9 Å². The highest BCUT2D eigenvalue weighted by atomic mass is 32.1. The Labute approximate surface area is 156 Å². The lowest BCUT2D eigenvalue weighted by Gasteiger charge is -2.06. The van der Waals surface area contributed by atoms with Crippen molar-refractivity contribution in [2.75, 3.05) is 11.9 Å². The van der Waals surface area contributed by atoms with E-state index in [1.807, 2.05) is 38.1 Å². The van der Waals surface area contributed by atoms with Crippen molar-refractivity contribution in [1.29, 1.82) is 0 Å². The molecular weight excluding hydrogens is 350 g/mol. The van der Waals surface area contributed by atoms with E-state index in [0.29, 0.717) is 18.2 Å². The Balaban J connectivity index is 1.67. The fraction of sp³-hybridized carbons (Fsp3) is 0.211. The summed E-state index contributed by atoms with van der Waals surface area (Å²) in [5, 5.41) is 7.09. The van der Waals surface area contributed by atoms with Gasteiger partial charge in [0.15, 0.2) is 0 Å². The van der Waals surface area contributed by atoms with Gasteiger partial charge in [0, 0.05) is 11.3 Å². The molecule has 0 spiro atoms. The first kappa shape index (κ1) is 17.9. The van der Waals surface area contributed by atoms with Gasteiger partial charge < -0.3 is 14.5 Å². The molecule has 0 unspecified atom stereocenters. The Morgan fingerprint density at radius 1 is 1.19 bits per heavy atom. The highest BCUT2D eigenvalue weighted by Crippen LogP contribution is 2.19. The number of hydrogen-bond acceptors (Lipinski definition) is 5. The molecule has 1 amide bonds. The van der Waals surface area contributed by atoms with Crippen molar-refractivity contribution in [3.8, 4) is 17.2 Å². The third-order valence-corrected chi connectivity index (χ3v) is 3.94. The number of anilines is 1. The van der Waals surface area contributed by atoms with E-state index in [9.17, 15) is 4.79 Å². The molecule has 0 fully saturated rings. The summed E-state index contributed by atoms with van der Waals surface area (Å²) in [5.41, 5.74) is 2.63. The van der Waals surface area contributed by atoms with Gasteiger partial charge in [0.2, 0.25) is 11.8 Å². The van der Waals surface area contributed by atoms with E-state index < -0.39 is 0 Å². The maximum absolute atomic E-state index is 12.2. The van der Waals surface area contributed by atoms with Gasteiger partial charge in [-0.15, -0.1) is 5.10 Å². The molecular formula is C19H19N3O3S. The molecule has 0 aliphatic heterocycles. The van der Waals surface area contributed by atoms with Crippen LogP contribution in [0.25, 0.3) is 11.5 Å². The summed E-state index contributed by atoms with van der Waals surface area (Å²) >= 11 is 5.17. The number of aryl methyl sites for hydroxylation is 1. The molecule has 1 aromatic heterocycles. The summed E-state index contributed by atoms with van der Waals surface area (Å²) in [6.07, 6.45) is 0. The summed E-state index contributed by atoms with van der Waals surface area (Å²) in [7, 11) is 0. The highest BCUT2D eigenvalue weighted by molar-refractivity contribution is 7.71. The van der Waals surface area contributed by atoms with Crippen LogP contribution in [0.15, 0.2) is 52.9 Å². The van der Waals surface area contributed by atoms with Gasteiger partial charge in [-0.2, -0.15) is 0 Å². The Morgan fingerprint density at radius 2 is 1.88 bits per heavy atom. The van der Waals surface area contributed by atoms with Crippen molar-refractivity contribution in [3.63, 3.8) is 0 Å². The van der Waals surface area contributed by atoms with E-state index >= 15 is 0 Å². The van der Waals surface area contributed by atoms with Crippen LogP contribution in [0.1, 0.15) is 12.5 Å². The van der Waals surface area contributed by atoms with E-state index in [1.54, 1.807) is 24.3 Å². The third kappa shape index (κ3) is 4.37. The van der Waals surface area contributed by atoms with E-state index in [0.717, 1.165) is 16.9 Å². The molecule has 0 saturated heterocycles. The lowest BCUT2D eigenvalue weighted by Crippen LogP contribution is -2.19.